The monoisotopic (exact) mass is 264 g/mol. The van der Waals surface area contributed by atoms with Crippen molar-refractivity contribution in [1.82, 2.24) is 5.32 Å². The average Bonchev–Trinajstić information content (AvgIpc) is 2.86. The summed E-state index contributed by atoms with van der Waals surface area (Å²) >= 11 is 0. The van der Waals surface area contributed by atoms with Crippen molar-refractivity contribution in [2.45, 2.75) is 13.0 Å². The lowest BCUT2D eigenvalue weighted by atomic mass is 10.0. The van der Waals surface area contributed by atoms with Crippen molar-refractivity contribution in [2.24, 2.45) is 5.92 Å². The van der Waals surface area contributed by atoms with Gasteiger partial charge in [0.15, 0.2) is 0 Å². The lowest BCUT2D eigenvalue weighted by Gasteiger charge is -2.26. The van der Waals surface area contributed by atoms with Crippen LogP contribution in [0.5, 0.6) is 5.75 Å². The van der Waals surface area contributed by atoms with E-state index < -0.39 is 0 Å². The molecular formula is C15H24N2O2. The summed E-state index contributed by atoms with van der Waals surface area (Å²) < 4.78 is 10.8. The topological polar surface area (TPSA) is 33.7 Å². The summed E-state index contributed by atoms with van der Waals surface area (Å²) in [6.45, 7) is 5.82. The molecular weight excluding hydrogens is 240 g/mol. The van der Waals surface area contributed by atoms with Gasteiger partial charge in [-0.1, -0.05) is 6.92 Å². The summed E-state index contributed by atoms with van der Waals surface area (Å²) in [5, 5.41) is 3.50. The summed E-state index contributed by atoms with van der Waals surface area (Å²) in [7, 11) is 3.82. The third kappa shape index (κ3) is 3.61. The number of nitrogens with one attached hydrogen (secondary N) is 1. The van der Waals surface area contributed by atoms with Crippen molar-refractivity contribution in [3.05, 3.63) is 24.3 Å². The van der Waals surface area contributed by atoms with E-state index >= 15 is 0 Å². The van der Waals surface area contributed by atoms with Crippen LogP contribution in [0, 0.1) is 5.92 Å². The molecule has 0 saturated carbocycles. The molecule has 0 aromatic heterocycles. The summed E-state index contributed by atoms with van der Waals surface area (Å²) in [6, 6.07) is 8.66. The number of benzene rings is 1. The maximum absolute atomic E-state index is 5.59. The van der Waals surface area contributed by atoms with Crippen LogP contribution in [0.2, 0.25) is 0 Å². The van der Waals surface area contributed by atoms with E-state index in [2.05, 4.69) is 36.3 Å². The molecule has 1 fully saturated rings. The zero-order valence-corrected chi connectivity index (χ0v) is 12.1. The van der Waals surface area contributed by atoms with E-state index in [4.69, 9.17) is 9.47 Å². The number of hydrogen-bond acceptors (Lipinski definition) is 4. The largest absolute Gasteiger partial charge is 0.497 e. The maximum Gasteiger partial charge on any atom is 0.119 e. The fourth-order valence-electron chi connectivity index (χ4n) is 2.56. The summed E-state index contributed by atoms with van der Waals surface area (Å²) in [5.41, 5.74) is 1.21. The summed E-state index contributed by atoms with van der Waals surface area (Å²) in [6.07, 6.45) is 0. The first-order valence-corrected chi connectivity index (χ1v) is 6.91. The van der Waals surface area contributed by atoms with Crippen LogP contribution in [0.25, 0.3) is 0 Å². The van der Waals surface area contributed by atoms with Gasteiger partial charge in [-0.3, -0.25) is 0 Å². The van der Waals surface area contributed by atoms with E-state index in [0.717, 1.165) is 32.1 Å². The van der Waals surface area contributed by atoms with Crippen molar-refractivity contribution >= 4 is 5.69 Å². The Morgan fingerprint density at radius 3 is 2.68 bits per heavy atom. The van der Waals surface area contributed by atoms with E-state index in [1.54, 1.807) is 7.11 Å². The van der Waals surface area contributed by atoms with E-state index in [0.29, 0.717) is 12.0 Å². The van der Waals surface area contributed by atoms with Gasteiger partial charge in [0, 0.05) is 31.2 Å². The van der Waals surface area contributed by atoms with Crippen molar-refractivity contribution in [2.75, 3.05) is 45.4 Å². The highest BCUT2D eigenvalue weighted by Crippen LogP contribution is 2.21. The molecule has 2 rings (SSSR count). The third-order valence-corrected chi connectivity index (χ3v) is 3.69. The third-order valence-electron chi connectivity index (χ3n) is 3.69. The summed E-state index contributed by atoms with van der Waals surface area (Å²) in [4.78, 5) is 2.28. The first-order chi connectivity index (χ1) is 9.24. The van der Waals surface area contributed by atoms with Gasteiger partial charge < -0.3 is 19.7 Å². The summed E-state index contributed by atoms with van der Waals surface area (Å²) in [5.74, 6) is 1.44. The Morgan fingerprint density at radius 2 is 2.05 bits per heavy atom. The molecule has 1 aromatic carbocycles. The van der Waals surface area contributed by atoms with Crippen molar-refractivity contribution < 1.29 is 9.47 Å². The van der Waals surface area contributed by atoms with Gasteiger partial charge in [0.1, 0.15) is 5.75 Å². The first kappa shape index (κ1) is 14.2. The van der Waals surface area contributed by atoms with Crippen molar-refractivity contribution in [3.8, 4) is 5.75 Å². The molecule has 0 radical (unpaired) electrons. The van der Waals surface area contributed by atoms with Crippen LogP contribution in [-0.2, 0) is 4.74 Å². The van der Waals surface area contributed by atoms with Crippen molar-refractivity contribution in [1.29, 1.82) is 0 Å². The highest BCUT2D eigenvalue weighted by Gasteiger charge is 2.28. The van der Waals surface area contributed by atoms with E-state index in [9.17, 15) is 0 Å². The molecule has 0 aliphatic carbocycles. The second kappa shape index (κ2) is 6.78. The molecule has 19 heavy (non-hydrogen) atoms. The van der Waals surface area contributed by atoms with Gasteiger partial charge >= 0.3 is 0 Å². The van der Waals surface area contributed by atoms with Crippen LogP contribution in [-0.4, -0.2) is 46.5 Å². The number of ether oxygens (including phenoxy) is 2. The van der Waals surface area contributed by atoms with Crippen LogP contribution < -0.4 is 15.0 Å². The molecule has 1 aliphatic heterocycles. The second-order valence-electron chi connectivity index (χ2n) is 5.04. The van der Waals surface area contributed by atoms with Gasteiger partial charge in [-0.2, -0.15) is 0 Å². The molecule has 2 unspecified atom stereocenters. The van der Waals surface area contributed by atoms with Crippen LogP contribution in [0.3, 0.4) is 0 Å². The van der Waals surface area contributed by atoms with Crippen LogP contribution >= 0.6 is 0 Å². The highest BCUT2D eigenvalue weighted by molar-refractivity contribution is 5.48. The zero-order valence-electron chi connectivity index (χ0n) is 12.1. The standard InChI is InChI=1S/C15H24N2O2/c1-4-16-15-11-19-10-12(15)9-17(2)13-5-7-14(18-3)8-6-13/h5-8,12,15-16H,4,9-11H2,1-3H3. The maximum atomic E-state index is 5.59. The molecule has 0 amide bonds. The van der Waals surface area contributed by atoms with Gasteiger partial charge in [-0.25, -0.2) is 0 Å². The Balaban J connectivity index is 1.93. The predicted octanol–water partition coefficient (Wildman–Crippen LogP) is 1.76. The number of hydrogen-bond donors (Lipinski definition) is 1. The average molecular weight is 264 g/mol. The first-order valence-electron chi connectivity index (χ1n) is 6.91. The Morgan fingerprint density at radius 1 is 1.32 bits per heavy atom. The molecule has 1 aromatic rings. The Hall–Kier alpha value is -1.26. The minimum atomic E-state index is 0.477. The van der Waals surface area contributed by atoms with E-state index in [1.165, 1.54) is 5.69 Å². The quantitative estimate of drug-likeness (QED) is 0.849. The molecule has 4 nitrogen and oxygen atoms in total. The predicted molar refractivity (Wildman–Crippen MR) is 78.0 cm³/mol. The fraction of sp³-hybridized carbons (Fsp3) is 0.600. The number of anilines is 1. The fourth-order valence-corrected chi connectivity index (χ4v) is 2.56. The zero-order chi connectivity index (χ0) is 13.7. The van der Waals surface area contributed by atoms with Crippen LogP contribution in [0.15, 0.2) is 24.3 Å². The van der Waals surface area contributed by atoms with E-state index in [-0.39, 0.29) is 0 Å². The molecule has 0 spiro atoms. The molecule has 0 bridgehead atoms. The number of rotatable bonds is 6. The lowest BCUT2D eigenvalue weighted by Crippen LogP contribution is -2.40. The smallest absolute Gasteiger partial charge is 0.119 e. The minimum Gasteiger partial charge on any atom is -0.497 e. The highest BCUT2D eigenvalue weighted by atomic mass is 16.5. The van der Waals surface area contributed by atoms with Gasteiger partial charge in [0.25, 0.3) is 0 Å². The molecule has 1 aliphatic rings. The Kier molecular flexibility index (Phi) is 5.05. The molecule has 4 heteroatoms. The van der Waals surface area contributed by atoms with Gasteiger partial charge in [-0.15, -0.1) is 0 Å². The SMILES string of the molecule is CCNC1COCC1CN(C)c1ccc(OC)cc1. The Bertz CT molecular complexity index is 380. The van der Waals surface area contributed by atoms with Crippen molar-refractivity contribution in [3.63, 3.8) is 0 Å². The number of methoxy groups -OCH3 is 1. The minimum absolute atomic E-state index is 0.477. The molecule has 1 heterocycles. The number of nitrogens with zero attached hydrogens (tertiary/aromatic N) is 1. The normalized spacial score (nSPS) is 22.5. The van der Waals surface area contributed by atoms with Crippen LogP contribution in [0.4, 0.5) is 5.69 Å². The molecule has 1 N–H and O–H groups in total. The lowest BCUT2D eigenvalue weighted by molar-refractivity contribution is 0.183. The van der Waals surface area contributed by atoms with Gasteiger partial charge in [-0.05, 0) is 30.8 Å². The van der Waals surface area contributed by atoms with Crippen LogP contribution in [0.1, 0.15) is 6.92 Å². The number of likely N-dealkylation sites (N-methyl/N-ethyl adjacent to an activating group) is 1. The van der Waals surface area contributed by atoms with Gasteiger partial charge in [0.2, 0.25) is 0 Å². The van der Waals surface area contributed by atoms with E-state index in [1.807, 2.05) is 12.1 Å². The Labute approximate surface area is 115 Å². The molecule has 106 valence electrons. The molecule has 1 saturated heterocycles. The van der Waals surface area contributed by atoms with Gasteiger partial charge in [0.05, 0.1) is 20.3 Å². The second-order valence-corrected chi connectivity index (χ2v) is 5.04. The molecule has 2 atom stereocenters.